The number of carbonyl (C=O) groups is 3. The van der Waals surface area contributed by atoms with Crippen LogP contribution in [0.1, 0.15) is 233 Å². The highest BCUT2D eigenvalue weighted by Crippen LogP contribution is 2.12. The van der Waals surface area contributed by atoms with Crippen LogP contribution in [0.4, 0.5) is 0 Å². The topological polar surface area (TPSA) is 78.9 Å². The normalized spacial score (nSPS) is 13.4. The summed E-state index contributed by atoms with van der Waals surface area (Å²) < 4.78 is 16.8. The van der Waals surface area contributed by atoms with Crippen molar-refractivity contribution in [3.63, 3.8) is 0 Å². The lowest BCUT2D eigenvalue weighted by Gasteiger charge is -2.18. The fourth-order valence-electron chi connectivity index (χ4n) is 7.48. The Kier molecular flexibility index (Phi) is 58.0. The van der Waals surface area contributed by atoms with E-state index in [-0.39, 0.29) is 37.5 Å². The maximum absolute atomic E-state index is 12.8. The summed E-state index contributed by atoms with van der Waals surface area (Å²) >= 11 is 0. The van der Waals surface area contributed by atoms with Crippen LogP contribution in [-0.4, -0.2) is 37.2 Å². The molecule has 76 heavy (non-hydrogen) atoms. The van der Waals surface area contributed by atoms with Crippen LogP contribution in [0.25, 0.3) is 0 Å². The van der Waals surface area contributed by atoms with E-state index in [1.165, 1.54) is 32.1 Å². The van der Waals surface area contributed by atoms with E-state index in [0.29, 0.717) is 19.3 Å². The molecule has 0 rings (SSSR count). The van der Waals surface area contributed by atoms with Gasteiger partial charge in [-0.1, -0.05) is 229 Å². The van der Waals surface area contributed by atoms with Gasteiger partial charge >= 0.3 is 17.9 Å². The van der Waals surface area contributed by atoms with Gasteiger partial charge in [0.25, 0.3) is 0 Å². The second-order valence-electron chi connectivity index (χ2n) is 19.1. The molecule has 0 heterocycles. The number of unbranched alkanes of at least 4 members (excludes halogenated alkanes) is 13. The summed E-state index contributed by atoms with van der Waals surface area (Å²) in [6, 6.07) is 0. The minimum Gasteiger partial charge on any atom is -0.462 e. The van der Waals surface area contributed by atoms with Gasteiger partial charge in [0.05, 0.1) is 0 Å². The molecule has 0 aliphatic carbocycles. The van der Waals surface area contributed by atoms with E-state index < -0.39 is 6.10 Å². The molecule has 0 aliphatic rings. The fraction of sp³-hybridized carbons (Fsp3) is 0.557. The Morgan fingerprint density at radius 1 is 0.276 bits per heavy atom. The molecule has 0 aromatic heterocycles. The molecule has 0 aromatic rings. The molecule has 6 heteroatoms. The van der Waals surface area contributed by atoms with E-state index in [0.717, 1.165) is 154 Å². The molecule has 6 nitrogen and oxygen atoms in total. The first-order chi connectivity index (χ1) is 37.5. The van der Waals surface area contributed by atoms with Crippen molar-refractivity contribution in [3.05, 3.63) is 170 Å². The van der Waals surface area contributed by atoms with E-state index >= 15 is 0 Å². The Balaban J connectivity index is 4.42. The van der Waals surface area contributed by atoms with Gasteiger partial charge < -0.3 is 14.2 Å². The number of ether oxygens (including phenoxy) is 3. The number of rotatable bonds is 52. The predicted octanol–water partition coefficient (Wildman–Crippen LogP) is 20.7. The van der Waals surface area contributed by atoms with Crippen LogP contribution in [0.5, 0.6) is 0 Å². The first kappa shape index (κ1) is 70.8. The van der Waals surface area contributed by atoms with Crippen LogP contribution in [0.3, 0.4) is 0 Å². The Bertz CT molecular complexity index is 1770. The van der Waals surface area contributed by atoms with Crippen LogP contribution in [0, 0.1) is 0 Å². The van der Waals surface area contributed by atoms with E-state index in [9.17, 15) is 14.4 Å². The standard InChI is InChI=1S/C70H108O6/c1-4-7-10-13-16-19-22-25-27-28-29-30-31-32-33-34-35-36-37-38-39-40-41-42-44-45-48-51-54-57-60-63-69(72)75-66-67(65-74-68(71)62-59-56-53-50-47-24-21-18-15-12-9-6-3)76-70(73)64-61-58-55-52-49-46-43-26-23-20-17-14-11-8-5-2/h7-8,10-11,16-21,25-27,29-30,32-33,35-36,38-39,41-43,45,48-49,52,67H,4-6,9,12-15,22-24,28,31,34,37,40,44,46-47,50-51,53-66H2,1-3H3/b10-7-,11-8-,19-16-,20-17-,21-18-,27-25-,30-29-,33-32-,36-35-,39-38-,42-41-,43-26-,48-45-,52-49-. The van der Waals surface area contributed by atoms with Crippen molar-refractivity contribution in [3.8, 4) is 0 Å². The van der Waals surface area contributed by atoms with Crippen LogP contribution in [-0.2, 0) is 28.6 Å². The van der Waals surface area contributed by atoms with E-state index in [1.54, 1.807) is 0 Å². The van der Waals surface area contributed by atoms with Gasteiger partial charge in [0.1, 0.15) is 13.2 Å². The van der Waals surface area contributed by atoms with Gasteiger partial charge in [0.2, 0.25) is 0 Å². The molecule has 424 valence electrons. The lowest BCUT2D eigenvalue weighted by molar-refractivity contribution is -0.167. The monoisotopic (exact) mass is 1040 g/mol. The molecule has 0 N–H and O–H groups in total. The van der Waals surface area contributed by atoms with Crippen molar-refractivity contribution < 1.29 is 28.6 Å². The summed E-state index contributed by atoms with van der Waals surface area (Å²) in [4.78, 5) is 38.1. The molecule has 0 aliphatic heterocycles. The van der Waals surface area contributed by atoms with Crippen LogP contribution in [0.2, 0.25) is 0 Å². The van der Waals surface area contributed by atoms with E-state index in [1.807, 2.05) is 0 Å². The van der Waals surface area contributed by atoms with Gasteiger partial charge in [-0.2, -0.15) is 0 Å². The summed E-state index contributed by atoms with van der Waals surface area (Å²) in [5.74, 6) is -1.01. The highest BCUT2D eigenvalue weighted by molar-refractivity contribution is 5.71. The van der Waals surface area contributed by atoms with Crippen molar-refractivity contribution >= 4 is 17.9 Å². The molecule has 0 saturated heterocycles. The lowest BCUT2D eigenvalue weighted by atomic mass is 10.1. The van der Waals surface area contributed by atoms with Gasteiger partial charge in [-0.25, -0.2) is 0 Å². The zero-order valence-electron chi connectivity index (χ0n) is 48.4. The molecule has 0 radical (unpaired) electrons. The highest BCUT2D eigenvalue weighted by atomic mass is 16.6. The Hall–Kier alpha value is -5.23. The van der Waals surface area contributed by atoms with Gasteiger partial charge in [-0.15, -0.1) is 0 Å². The molecule has 0 aromatic carbocycles. The fourth-order valence-corrected chi connectivity index (χ4v) is 7.48. The molecule has 0 spiro atoms. The summed E-state index contributed by atoms with van der Waals surface area (Å²) in [5.41, 5.74) is 0. The predicted molar refractivity (Wildman–Crippen MR) is 329 cm³/mol. The Morgan fingerprint density at radius 3 is 0.855 bits per heavy atom. The van der Waals surface area contributed by atoms with Gasteiger partial charge in [-0.3, -0.25) is 14.4 Å². The molecular formula is C70H108O6. The van der Waals surface area contributed by atoms with Crippen molar-refractivity contribution in [1.29, 1.82) is 0 Å². The van der Waals surface area contributed by atoms with Gasteiger partial charge in [0, 0.05) is 19.3 Å². The number of hydrogen-bond acceptors (Lipinski definition) is 6. The van der Waals surface area contributed by atoms with Crippen molar-refractivity contribution in [2.24, 2.45) is 0 Å². The minimum atomic E-state index is -0.826. The lowest BCUT2D eigenvalue weighted by Crippen LogP contribution is -2.30. The third-order valence-electron chi connectivity index (χ3n) is 11.9. The SMILES string of the molecule is CC/C=C\C/C=C\C/C=C\C/C=C\C/C=C\C/C=C\C/C=C\C/C=C\C/C=C\CCCCCC(=O)OCC(COC(=O)CCCCCCC/C=C\CCCCC)OC(=O)CCCC/C=C\C/C=C\C/C=C\C/C=C\CC. The van der Waals surface area contributed by atoms with Crippen LogP contribution in [0.15, 0.2) is 170 Å². The molecule has 0 amide bonds. The van der Waals surface area contributed by atoms with Crippen molar-refractivity contribution in [1.82, 2.24) is 0 Å². The summed E-state index contributed by atoms with van der Waals surface area (Å²) in [7, 11) is 0. The maximum Gasteiger partial charge on any atom is 0.306 e. The van der Waals surface area contributed by atoms with Gasteiger partial charge in [0.15, 0.2) is 6.10 Å². The summed E-state index contributed by atoms with van der Waals surface area (Å²) in [6.45, 7) is 6.29. The largest absolute Gasteiger partial charge is 0.462 e. The van der Waals surface area contributed by atoms with Crippen molar-refractivity contribution in [2.75, 3.05) is 13.2 Å². The average molecular weight is 1050 g/mol. The third kappa shape index (κ3) is 59.6. The first-order valence-corrected chi connectivity index (χ1v) is 30.1. The van der Waals surface area contributed by atoms with Crippen LogP contribution >= 0.6 is 0 Å². The number of esters is 3. The summed E-state index contributed by atoms with van der Waals surface area (Å²) in [5, 5.41) is 0. The Morgan fingerprint density at radius 2 is 0.513 bits per heavy atom. The van der Waals surface area contributed by atoms with E-state index in [2.05, 4.69) is 191 Å². The molecule has 1 unspecified atom stereocenters. The zero-order valence-corrected chi connectivity index (χ0v) is 48.4. The smallest absolute Gasteiger partial charge is 0.306 e. The number of hydrogen-bond donors (Lipinski definition) is 0. The highest BCUT2D eigenvalue weighted by Gasteiger charge is 2.19. The van der Waals surface area contributed by atoms with Gasteiger partial charge in [-0.05, 0) is 154 Å². The zero-order chi connectivity index (χ0) is 55.0. The molecule has 0 fully saturated rings. The van der Waals surface area contributed by atoms with E-state index in [4.69, 9.17) is 14.2 Å². The maximum atomic E-state index is 12.8. The summed E-state index contributed by atoms with van der Waals surface area (Å²) in [6.07, 6.45) is 92.2. The molecular weight excluding hydrogens is 937 g/mol. The van der Waals surface area contributed by atoms with Crippen molar-refractivity contribution in [2.45, 2.75) is 239 Å². The third-order valence-corrected chi connectivity index (χ3v) is 11.9. The van der Waals surface area contributed by atoms with Crippen LogP contribution < -0.4 is 0 Å². The molecule has 1 atom stereocenters. The molecule has 0 bridgehead atoms. The second kappa shape index (κ2) is 62.3. The number of carbonyl (C=O) groups excluding carboxylic acids is 3. The Labute approximate surface area is 466 Å². The minimum absolute atomic E-state index is 0.117. The second-order valence-corrected chi connectivity index (χ2v) is 19.1. The average Bonchev–Trinajstić information content (AvgIpc) is 3.42. The number of allylic oxidation sites excluding steroid dienone is 28. The first-order valence-electron chi connectivity index (χ1n) is 30.1. The quantitative estimate of drug-likeness (QED) is 0.0261. The molecule has 0 saturated carbocycles.